The lowest BCUT2D eigenvalue weighted by Gasteiger charge is -2.06. The van der Waals surface area contributed by atoms with E-state index in [2.05, 4.69) is 25.4 Å². The van der Waals surface area contributed by atoms with Crippen molar-refractivity contribution in [1.82, 2.24) is 24.6 Å². The van der Waals surface area contributed by atoms with Crippen molar-refractivity contribution in [2.45, 2.75) is 23.1 Å². The predicted octanol–water partition coefficient (Wildman–Crippen LogP) is 4.25. The molecule has 0 unspecified atom stereocenters. The van der Waals surface area contributed by atoms with E-state index in [1.165, 1.54) is 16.3 Å². The summed E-state index contributed by atoms with van der Waals surface area (Å²) in [6.07, 6.45) is 1.63. The first-order valence-electron chi connectivity index (χ1n) is 7.89. The molecular formula is C17H13ClN6OS2. The summed E-state index contributed by atoms with van der Waals surface area (Å²) >= 11 is 9.42. The molecule has 27 heavy (non-hydrogen) atoms. The summed E-state index contributed by atoms with van der Waals surface area (Å²) < 4.78 is 2.44. The van der Waals surface area contributed by atoms with Crippen LogP contribution in [0.3, 0.4) is 0 Å². The van der Waals surface area contributed by atoms with E-state index in [4.69, 9.17) is 11.6 Å². The molecule has 1 aromatic carbocycles. The first-order valence-corrected chi connectivity index (χ1v) is 9.96. The van der Waals surface area contributed by atoms with Crippen LogP contribution in [0.1, 0.15) is 22.0 Å². The summed E-state index contributed by atoms with van der Waals surface area (Å²) in [5, 5.41) is 9.48. The van der Waals surface area contributed by atoms with Gasteiger partial charge in [-0.1, -0.05) is 23.4 Å². The molecule has 0 bridgehead atoms. The highest BCUT2D eigenvalue weighted by molar-refractivity contribution is 8.01. The van der Waals surface area contributed by atoms with E-state index < -0.39 is 5.91 Å². The van der Waals surface area contributed by atoms with Gasteiger partial charge in [-0.05, 0) is 38.1 Å². The summed E-state index contributed by atoms with van der Waals surface area (Å²) in [6.45, 7) is 3.82. The fraction of sp³-hybridized carbons (Fsp3) is 0.118. The van der Waals surface area contributed by atoms with Crippen LogP contribution in [-0.4, -0.2) is 30.5 Å². The molecule has 1 N–H and O–H groups in total. The van der Waals surface area contributed by atoms with Crippen molar-refractivity contribution < 1.29 is 4.79 Å². The van der Waals surface area contributed by atoms with Crippen molar-refractivity contribution in [3.05, 3.63) is 58.1 Å². The molecule has 0 atom stereocenters. The van der Waals surface area contributed by atoms with E-state index in [9.17, 15) is 4.79 Å². The Kier molecular flexibility index (Phi) is 4.81. The van der Waals surface area contributed by atoms with Gasteiger partial charge in [-0.3, -0.25) is 4.79 Å². The molecule has 0 aliphatic carbocycles. The molecule has 0 fully saturated rings. The number of rotatable bonds is 4. The molecule has 136 valence electrons. The fourth-order valence-electron chi connectivity index (χ4n) is 2.32. The zero-order valence-corrected chi connectivity index (χ0v) is 16.7. The fourth-order valence-corrected chi connectivity index (χ4v) is 4.42. The number of carbonyl (C=O) groups is 1. The van der Waals surface area contributed by atoms with Crippen LogP contribution in [0.2, 0.25) is 5.02 Å². The smallest absolute Gasteiger partial charge is 0.295 e. The van der Waals surface area contributed by atoms with E-state index in [1.807, 2.05) is 25.3 Å². The lowest BCUT2D eigenvalue weighted by molar-refractivity contribution is 0.101. The lowest BCUT2D eigenvalue weighted by Crippen LogP contribution is -2.14. The van der Waals surface area contributed by atoms with Gasteiger partial charge >= 0.3 is 0 Å². The molecule has 4 rings (SSSR count). The van der Waals surface area contributed by atoms with Gasteiger partial charge in [0, 0.05) is 33.5 Å². The van der Waals surface area contributed by atoms with E-state index in [-0.39, 0.29) is 5.82 Å². The highest BCUT2D eigenvalue weighted by Gasteiger charge is 2.15. The average molecular weight is 417 g/mol. The van der Waals surface area contributed by atoms with Gasteiger partial charge in [-0.15, -0.1) is 16.4 Å². The Hall–Kier alpha value is -2.49. The number of nitrogens with zero attached hydrogens (tertiary/aromatic N) is 5. The number of amides is 1. The number of anilines is 1. The van der Waals surface area contributed by atoms with Crippen molar-refractivity contribution in [3.8, 4) is 0 Å². The second-order valence-corrected chi connectivity index (χ2v) is 8.24. The average Bonchev–Trinajstić information content (AvgIpc) is 3.24. The number of hydrogen-bond donors (Lipinski definition) is 1. The predicted molar refractivity (Wildman–Crippen MR) is 106 cm³/mol. The van der Waals surface area contributed by atoms with Gasteiger partial charge in [0.05, 0.1) is 5.02 Å². The maximum atomic E-state index is 12.5. The normalized spacial score (nSPS) is 11.1. The molecule has 0 aliphatic rings. The molecule has 0 spiro atoms. The van der Waals surface area contributed by atoms with Crippen LogP contribution in [0, 0.1) is 13.8 Å². The molecule has 3 aromatic heterocycles. The Morgan fingerprint density at radius 3 is 2.81 bits per heavy atom. The monoisotopic (exact) mass is 416 g/mol. The van der Waals surface area contributed by atoms with Crippen molar-refractivity contribution in [2.75, 3.05) is 5.32 Å². The molecule has 0 aliphatic heterocycles. The molecule has 0 saturated carbocycles. The van der Waals surface area contributed by atoms with Crippen LogP contribution < -0.4 is 5.32 Å². The van der Waals surface area contributed by atoms with Gasteiger partial charge in [0.25, 0.3) is 11.7 Å². The van der Waals surface area contributed by atoms with E-state index >= 15 is 0 Å². The van der Waals surface area contributed by atoms with Crippen LogP contribution >= 0.6 is 34.7 Å². The minimum Gasteiger partial charge on any atom is -0.319 e. The van der Waals surface area contributed by atoms with Crippen LogP contribution in [-0.2, 0) is 0 Å². The second kappa shape index (κ2) is 7.26. The summed E-state index contributed by atoms with van der Waals surface area (Å²) in [5.74, 6) is 0.000208. The van der Waals surface area contributed by atoms with Gasteiger partial charge in [-0.2, -0.15) is 4.98 Å². The van der Waals surface area contributed by atoms with E-state index in [0.29, 0.717) is 16.5 Å². The second-order valence-electron chi connectivity index (χ2n) is 5.69. The first kappa shape index (κ1) is 17.9. The third-order valence-electron chi connectivity index (χ3n) is 3.62. The van der Waals surface area contributed by atoms with Crippen molar-refractivity contribution in [3.63, 3.8) is 0 Å². The van der Waals surface area contributed by atoms with Crippen LogP contribution in [0.5, 0.6) is 0 Å². The summed E-state index contributed by atoms with van der Waals surface area (Å²) in [6, 6.07) is 7.12. The highest BCUT2D eigenvalue weighted by atomic mass is 35.5. The zero-order valence-electron chi connectivity index (χ0n) is 14.3. The number of carbonyl (C=O) groups excluding carboxylic acids is 1. The Bertz CT molecular complexity index is 1160. The number of hydrogen-bond acceptors (Lipinski definition) is 7. The maximum Gasteiger partial charge on any atom is 0.295 e. The standard InChI is InChI=1S/C17H13ClN6OS2/c1-9-8-26-17(20-9)27-13-4-3-11(7-12(13)18)21-15(25)14-22-16-19-6-5-10(2)24(16)23-14/h3-8H,1-2H3,(H,21,25). The Labute approximate surface area is 167 Å². The Morgan fingerprint density at radius 1 is 1.26 bits per heavy atom. The van der Waals surface area contributed by atoms with Crippen molar-refractivity contribution in [1.29, 1.82) is 0 Å². The van der Waals surface area contributed by atoms with Crippen LogP contribution in [0.25, 0.3) is 5.78 Å². The van der Waals surface area contributed by atoms with E-state index in [0.717, 1.165) is 20.6 Å². The molecule has 4 aromatic rings. The van der Waals surface area contributed by atoms with Gasteiger partial charge in [0.15, 0.2) is 4.34 Å². The van der Waals surface area contributed by atoms with Gasteiger partial charge in [0.1, 0.15) is 0 Å². The third kappa shape index (κ3) is 3.80. The Morgan fingerprint density at radius 2 is 2.11 bits per heavy atom. The molecule has 10 heteroatoms. The van der Waals surface area contributed by atoms with Gasteiger partial charge in [-0.25, -0.2) is 14.5 Å². The number of benzene rings is 1. The van der Waals surface area contributed by atoms with Gasteiger partial charge < -0.3 is 5.32 Å². The minimum atomic E-state index is -0.424. The highest BCUT2D eigenvalue weighted by Crippen LogP contribution is 2.36. The molecule has 0 radical (unpaired) electrons. The molecular weight excluding hydrogens is 404 g/mol. The van der Waals surface area contributed by atoms with Crippen LogP contribution in [0.15, 0.2) is 45.1 Å². The molecule has 3 heterocycles. The number of nitrogens with one attached hydrogen (secondary N) is 1. The topological polar surface area (TPSA) is 85.1 Å². The molecule has 1 amide bonds. The summed E-state index contributed by atoms with van der Waals surface area (Å²) in [7, 11) is 0. The number of aryl methyl sites for hydroxylation is 2. The van der Waals surface area contributed by atoms with Crippen LogP contribution in [0.4, 0.5) is 5.69 Å². The minimum absolute atomic E-state index is 0.0460. The SMILES string of the molecule is Cc1csc(Sc2ccc(NC(=O)c3nc4nccc(C)n4n3)cc2Cl)n1. The third-order valence-corrected chi connectivity index (χ3v) is 6.18. The molecule has 7 nitrogen and oxygen atoms in total. The zero-order chi connectivity index (χ0) is 19.0. The largest absolute Gasteiger partial charge is 0.319 e. The quantitative estimate of drug-likeness (QED) is 0.535. The summed E-state index contributed by atoms with van der Waals surface area (Å²) in [4.78, 5) is 26.0. The van der Waals surface area contributed by atoms with Crippen molar-refractivity contribution >= 4 is 52.1 Å². The maximum absolute atomic E-state index is 12.5. The lowest BCUT2D eigenvalue weighted by atomic mass is 10.3. The number of aromatic nitrogens is 5. The van der Waals surface area contributed by atoms with Crippen molar-refractivity contribution in [2.24, 2.45) is 0 Å². The van der Waals surface area contributed by atoms with E-state index in [1.54, 1.807) is 35.7 Å². The number of halogens is 1. The van der Waals surface area contributed by atoms with Gasteiger partial charge in [0.2, 0.25) is 5.82 Å². The Balaban J connectivity index is 1.52. The number of fused-ring (bicyclic) bond motifs is 1. The molecule has 0 saturated heterocycles. The first-order chi connectivity index (χ1) is 13.0. The number of thiazole rings is 1. The summed E-state index contributed by atoms with van der Waals surface area (Å²) in [5.41, 5.74) is 2.38.